The molecule has 0 bridgehead atoms. The molecular weight excluding hydrogens is 224 g/mol. The molecule has 1 aromatic carbocycles. The maximum absolute atomic E-state index is 6.10. The lowest BCUT2D eigenvalue weighted by atomic mass is 10.1. The zero-order chi connectivity index (χ0) is 13.1. The minimum atomic E-state index is 0.357. The molecule has 2 aromatic rings. The molecule has 0 spiro atoms. The molecule has 3 nitrogen and oxygen atoms in total. The third-order valence-corrected chi connectivity index (χ3v) is 2.91. The van der Waals surface area contributed by atoms with Gasteiger partial charge in [0.25, 0.3) is 0 Å². The highest BCUT2D eigenvalue weighted by molar-refractivity contribution is 5.94. The highest BCUT2D eigenvalue weighted by Crippen LogP contribution is 2.30. The van der Waals surface area contributed by atoms with Crippen molar-refractivity contribution >= 4 is 16.6 Å². The minimum Gasteiger partial charge on any atom is -0.491 e. The Morgan fingerprint density at radius 1 is 1.33 bits per heavy atom. The van der Waals surface area contributed by atoms with Crippen LogP contribution >= 0.6 is 0 Å². The fourth-order valence-corrected chi connectivity index (χ4v) is 1.89. The molecular formula is C15H20N2O. The van der Waals surface area contributed by atoms with E-state index < -0.39 is 0 Å². The number of rotatable bonds is 4. The average molecular weight is 244 g/mol. The Hall–Kier alpha value is -1.77. The van der Waals surface area contributed by atoms with Crippen LogP contribution in [0.2, 0.25) is 0 Å². The van der Waals surface area contributed by atoms with E-state index in [2.05, 4.69) is 25.8 Å². The number of pyridine rings is 1. The molecule has 2 N–H and O–H groups in total. The van der Waals surface area contributed by atoms with Gasteiger partial charge in [0.05, 0.1) is 6.61 Å². The molecule has 2 rings (SSSR count). The van der Waals surface area contributed by atoms with Crippen molar-refractivity contribution in [1.82, 2.24) is 4.98 Å². The molecule has 0 saturated carbocycles. The van der Waals surface area contributed by atoms with Crippen molar-refractivity contribution in [2.45, 2.75) is 33.1 Å². The summed E-state index contributed by atoms with van der Waals surface area (Å²) in [6.07, 6.45) is 0.982. The predicted molar refractivity (Wildman–Crippen MR) is 76.0 cm³/mol. The summed E-state index contributed by atoms with van der Waals surface area (Å²) in [7, 11) is 0. The molecule has 1 aromatic heterocycles. The van der Waals surface area contributed by atoms with Gasteiger partial charge in [-0.1, -0.05) is 32.9 Å². The number of anilines is 1. The summed E-state index contributed by atoms with van der Waals surface area (Å²) in [4.78, 5) is 4.68. The van der Waals surface area contributed by atoms with Crippen molar-refractivity contribution in [2.75, 3.05) is 12.3 Å². The number of hydrogen-bond acceptors (Lipinski definition) is 3. The lowest BCUT2D eigenvalue weighted by Gasteiger charge is -2.12. The van der Waals surface area contributed by atoms with Crippen LogP contribution in [0.4, 0.5) is 5.69 Å². The number of hydrogen-bond donors (Lipinski definition) is 1. The van der Waals surface area contributed by atoms with Crippen molar-refractivity contribution in [1.29, 1.82) is 0 Å². The Balaban J connectivity index is 2.58. The van der Waals surface area contributed by atoms with Gasteiger partial charge in [-0.2, -0.15) is 0 Å². The van der Waals surface area contributed by atoms with Gasteiger partial charge in [-0.3, -0.25) is 0 Å². The molecule has 0 fully saturated rings. The van der Waals surface area contributed by atoms with E-state index in [4.69, 9.17) is 10.5 Å². The number of nitrogens with two attached hydrogens (primary N) is 1. The third-order valence-electron chi connectivity index (χ3n) is 2.91. The van der Waals surface area contributed by atoms with E-state index in [1.54, 1.807) is 0 Å². The van der Waals surface area contributed by atoms with Gasteiger partial charge in [0, 0.05) is 16.8 Å². The lowest BCUT2D eigenvalue weighted by Crippen LogP contribution is -2.01. The Labute approximate surface area is 108 Å². The largest absolute Gasteiger partial charge is 0.491 e. The van der Waals surface area contributed by atoms with Crippen LogP contribution in [0.15, 0.2) is 24.3 Å². The summed E-state index contributed by atoms with van der Waals surface area (Å²) >= 11 is 0. The van der Waals surface area contributed by atoms with Gasteiger partial charge in [-0.15, -0.1) is 0 Å². The third kappa shape index (κ3) is 2.40. The second-order valence-corrected chi connectivity index (χ2v) is 4.79. The summed E-state index contributed by atoms with van der Waals surface area (Å²) in [5.74, 6) is 1.18. The molecule has 0 radical (unpaired) electrons. The quantitative estimate of drug-likeness (QED) is 0.891. The van der Waals surface area contributed by atoms with Gasteiger partial charge in [-0.25, -0.2) is 4.98 Å². The first-order valence-electron chi connectivity index (χ1n) is 6.45. The molecule has 3 heteroatoms. The first-order chi connectivity index (χ1) is 8.63. The summed E-state index contributed by atoms with van der Waals surface area (Å²) in [6.45, 7) is 7.02. The van der Waals surface area contributed by atoms with Crippen LogP contribution in [0, 0.1) is 0 Å². The smallest absolute Gasteiger partial charge is 0.145 e. The first kappa shape index (κ1) is 12.7. The monoisotopic (exact) mass is 244 g/mol. The fourth-order valence-electron chi connectivity index (χ4n) is 1.89. The Bertz CT molecular complexity index is 549. The molecule has 0 aliphatic carbocycles. The van der Waals surface area contributed by atoms with Crippen LogP contribution < -0.4 is 10.5 Å². The average Bonchev–Trinajstić information content (AvgIpc) is 2.36. The van der Waals surface area contributed by atoms with Gasteiger partial charge in [0.1, 0.15) is 11.3 Å². The van der Waals surface area contributed by atoms with Gasteiger partial charge in [0.15, 0.2) is 0 Å². The standard InChI is InChI=1S/C15H20N2O/c1-4-8-18-14-7-5-6-11-12(16)9-13(10(2)3)17-15(11)14/h5-7,9-10H,4,8H2,1-3H3,(H2,16,17). The Kier molecular flexibility index (Phi) is 3.70. The Morgan fingerprint density at radius 3 is 2.78 bits per heavy atom. The number of nitrogen functional groups attached to an aromatic ring is 1. The summed E-state index contributed by atoms with van der Waals surface area (Å²) in [5.41, 5.74) is 8.74. The summed E-state index contributed by atoms with van der Waals surface area (Å²) < 4.78 is 5.74. The second kappa shape index (κ2) is 5.25. The zero-order valence-corrected chi connectivity index (χ0v) is 11.2. The number of benzene rings is 1. The van der Waals surface area contributed by atoms with E-state index in [0.717, 1.165) is 34.5 Å². The number of nitrogens with zero attached hydrogens (tertiary/aromatic N) is 1. The van der Waals surface area contributed by atoms with Gasteiger partial charge in [-0.05, 0) is 24.5 Å². The highest BCUT2D eigenvalue weighted by Gasteiger charge is 2.10. The number of para-hydroxylation sites is 1. The minimum absolute atomic E-state index is 0.357. The summed E-state index contributed by atoms with van der Waals surface area (Å²) in [5, 5.41) is 0.966. The molecule has 0 atom stereocenters. The van der Waals surface area contributed by atoms with Crippen LogP contribution in [0.1, 0.15) is 38.8 Å². The lowest BCUT2D eigenvalue weighted by molar-refractivity contribution is 0.320. The number of aromatic nitrogens is 1. The predicted octanol–water partition coefficient (Wildman–Crippen LogP) is 3.73. The van der Waals surface area contributed by atoms with E-state index in [-0.39, 0.29) is 0 Å². The van der Waals surface area contributed by atoms with Crippen LogP contribution in [0.25, 0.3) is 10.9 Å². The molecule has 0 saturated heterocycles. The van der Waals surface area contributed by atoms with Gasteiger partial charge in [0.2, 0.25) is 0 Å². The second-order valence-electron chi connectivity index (χ2n) is 4.79. The molecule has 96 valence electrons. The molecule has 18 heavy (non-hydrogen) atoms. The maximum atomic E-state index is 6.10. The van der Waals surface area contributed by atoms with Crippen LogP contribution in [0.3, 0.4) is 0 Å². The zero-order valence-electron chi connectivity index (χ0n) is 11.2. The highest BCUT2D eigenvalue weighted by atomic mass is 16.5. The van der Waals surface area contributed by atoms with E-state index in [1.807, 2.05) is 24.3 Å². The van der Waals surface area contributed by atoms with E-state index in [1.165, 1.54) is 0 Å². The van der Waals surface area contributed by atoms with Crippen LogP contribution in [-0.2, 0) is 0 Å². The molecule has 0 aliphatic heterocycles. The van der Waals surface area contributed by atoms with E-state index >= 15 is 0 Å². The fraction of sp³-hybridized carbons (Fsp3) is 0.400. The van der Waals surface area contributed by atoms with Crippen LogP contribution in [0.5, 0.6) is 5.75 Å². The SMILES string of the molecule is CCCOc1cccc2c(N)cc(C(C)C)nc12. The molecule has 0 aliphatic rings. The normalized spacial score (nSPS) is 11.1. The molecule has 0 amide bonds. The maximum Gasteiger partial charge on any atom is 0.145 e. The molecule has 0 unspecified atom stereocenters. The van der Waals surface area contributed by atoms with Gasteiger partial charge >= 0.3 is 0 Å². The summed E-state index contributed by atoms with van der Waals surface area (Å²) in [6, 6.07) is 7.85. The van der Waals surface area contributed by atoms with Crippen molar-refractivity contribution in [2.24, 2.45) is 0 Å². The molecule has 1 heterocycles. The van der Waals surface area contributed by atoms with Crippen molar-refractivity contribution in [3.8, 4) is 5.75 Å². The van der Waals surface area contributed by atoms with Gasteiger partial charge < -0.3 is 10.5 Å². The van der Waals surface area contributed by atoms with Crippen LogP contribution in [-0.4, -0.2) is 11.6 Å². The topological polar surface area (TPSA) is 48.1 Å². The van der Waals surface area contributed by atoms with Crippen molar-refractivity contribution in [3.63, 3.8) is 0 Å². The number of fused-ring (bicyclic) bond motifs is 1. The van der Waals surface area contributed by atoms with E-state index in [9.17, 15) is 0 Å². The first-order valence-corrected chi connectivity index (χ1v) is 6.45. The van der Waals surface area contributed by atoms with Crippen molar-refractivity contribution < 1.29 is 4.74 Å². The van der Waals surface area contributed by atoms with E-state index in [0.29, 0.717) is 12.5 Å². The van der Waals surface area contributed by atoms with Crippen molar-refractivity contribution in [3.05, 3.63) is 30.0 Å². The Morgan fingerprint density at radius 2 is 2.11 bits per heavy atom. The number of ether oxygens (including phenoxy) is 1.